The van der Waals surface area contributed by atoms with Gasteiger partial charge < -0.3 is 10.5 Å². The number of ether oxygens (including phenoxy) is 1. The zero-order chi connectivity index (χ0) is 14.7. The van der Waals surface area contributed by atoms with Crippen LogP contribution in [-0.2, 0) is 6.42 Å². The number of ketones is 1. The number of benzene rings is 2. The highest BCUT2D eigenvalue weighted by Gasteiger charge is 2.10. The van der Waals surface area contributed by atoms with Crippen molar-refractivity contribution >= 4 is 43.3 Å². The van der Waals surface area contributed by atoms with Gasteiger partial charge in [-0.1, -0.05) is 6.07 Å². The smallest absolute Gasteiger partial charge is 0.167 e. The largest absolute Gasteiger partial charge is 0.496 e. The molecule has 2 rings (SSSR count). The highest BCUT2D eigenvalue weighted by atomic mass is 79.9. The molecule has 0 aliphatic carbocycles. The minimum atomic E-state index is 0.0442. The Balaban J connectivity index is 2.19. The molecule has 0 amide bonds. The van der Waals surface area contributed by atoms with E-state index in [0.717, 1.165) is 20.3 Å². The molecule has 0 aromatic heterocycles. The first kappa shape index (κ1) is 15.1. The van der Waals surface area contributed by atoms with Crippen LogP contribution in [0.3, 0.4) is 0 Å². The number of Topliss-reactive ketones (excluding diaryl/α,β-unsaturated/α-hetero) is 1. The number of hydrogen-bond donors (Lipinski definition) is 1. The average molecular weight is 399 g/mol. The number of nitrogen functional groups attached to an aromatic ring is 1. The number of hydrogen-bond acceptors (Lipinski definition) is 3. The number of nitrogens with two attached hydrogens (primary N) is 1. The number of methoxy groups -OCH3 is 1. The lowest BCUT2D eigenvalue weighted by molar-refractivity contribution is 0.0993. The van der Waals surface area contributed by atoms with Gasteiger partial charge in [-0.2, -0.15) is 0 Å². The van der Waals surface area contributed by atoms with Crippen molar-refractivity contribution < 1.29 is 9.53 Å². The lowest BCUT2D eigenvalue weighted by Gasteiger charge is -2.07. The van der Waals surface area contributed by atoms with Gasteiger partial charge in [0.2, 0.25) is 0 Å². The van der Waals surface area contributed by atoms with E-state index < -0.39 is 0 Å². The van der Waals surface area contributed by atoms with Crippen LogP contribution in [0.2, 0.25) is 0 Å². The zero-order valence-electron chi connectivity index (χ0n) is 10.8. The normalized spacial score (nSPS) is 10.3. The van der Waals surface area contributed by atoms with Crippen LogP contribution in [0.25, 0.3) is 0 Å². The van der Waals surface area contributed by atoms with Crippen LogP contribution >= 0.6 is 31.9 Å². The van der Waals surface area contributed by atoms with E-state index in [9.17, 15) is 4.79 Å². The first-order valence-electron chi connectivity index (χ1n) is 5.92. The van der Waals surface area contributed by atoms with Crippen molar-refractivity contribution in [3.63, 3.8) is 0 Å². The van der Waals surface area contributed by atoms with Crippen LogP contribution < -0.4 is 10.5 Å². The first-order chi connectivity index (χ1) is 9.51. The Morgan fingerprint density at radius 3 is 2.50 bits per heavy atom. The molecule has 0 bridgehead atoms. The molecule has 0 aliphatic heterocycles. The predicted molar refractivity (Wildman–Crippen MR) is 87.3 cm³/mol. The Bertz CT molecular complexity index is 656. The van der Waals surface area contributed by atoms with Gasteiger partial charge in [-0.15, -0.1) is 0 Å². The lowest BCUT2D eigenvalue weighted by Crippen LogP contribution is -2.04. The fraction of sp³-hybridized carbons (Fsp3) is 0.133. The summed E-state index contributed by atoms with van der Waals surface area (Å²) in [5, 5.41) is 0. The molecule has 2 N–H and O–H groups in total. The van der Waals surface area contributed by atoms with E-state index in [0.29, 0.717) is 17.7 Å². The van der Waals surface area contributed by atoms with Crippen LogP contribution in [0, 0.1) is 0 Å². The highest BCUT2D eigenvalue weighted by molar-refractivity contribution is 9.11. The topological polar surface area (TPSA) is 52.3 Å². The molecule has 2 aromatic rings. The summed E-state index contributed by atoms with van der Waals surface area (Å²) in [4.78, 5) is 12.2. The fourth-order valence-electron chi connectivity index (χ4n) is 1.81. The van der Waals surface area contributed by atoms with E-state index in [1.54, 1.807) is 25.3 Å². The van der Waals surface area contributed by atoms with E-state index in [-0.39, 0.29) is 5.78 Å². The summed E-state index contributed by atoms with van der Waals surface area (Å²) >= 11 is 6.74. The van der Waals surface area contributed by atoms with Crippen molar-refractivity contribution in [2.45, 2.75) is 6.42 Å². The van der Waals surface area contributed by atoms with Gasteiger partial charge in [-0.25, -0.2) is 0 Å². The monoisotopic (exact) mass is 397 g/mol. The summed E-state index contributed by atoms with van der Waals surface area (Å²) in [6.07, 6.45) is 0.332. The fourth-order valence-corrected chi connectivity index (χ4v) is 2.77. The van der Waals surface area contributed by atoms with Crippen LogP contribution in [0.5, 0.6) is 5.75 Å². The maximum Gasteiger partial charge on any atom is 0.167 e. The molecule has 20 heavy (non-hydrogen) atoms. The number of carbonyl (C=O) groups is 1. The lowest BCUT2D eigenvalue weighted by atomic mass is 10.0. The molecule has 0 aliphatic rings. The van der Waals surface area contributed by atoms with Crippen molar-refractivity contribution in [1.29, 1.82) is 0 Å². The predicted octanol–water partition coefficient (Wildman–Crippen LogP) is 4.23. The Kier molecular flexibility index (Phi) is 4.83. The quantitative estimate of drug-likeness (QED) is 0.619. The Morgan fingerprint density at radius 2 is 1.90 bits per heavy atom. The second kappa shape index (κ2) is 6.41. The summed E-state index contributed by atoms with van der Waals surface area (Å²) in [6, 6.07) is 10.8. The molecule has 0 heterocycles. The number of carbonyl (C=O) groups excluding carboxylic acids is 1. The van der Waals surface area contributed by atoms with Crippen molar-refractivity contribution in [1.82, 2.24) is 0 Å². The van der Waals surface area contributed by atoms with Crippen LogP contribution in [0.4, 0.5) is 5.69 Å². The molecule has 0 saturated carbocycles. The minimum absolute atomic E-state index is 0.0442. The van der Waals surface area contributed by atoms with Crippen molar-refractivity contribution in [3.8, 4) is 5.75 Å². The second-order valence-corrected chi connectivity index (χ2v) is 6.01. The molecule has 2 aromatic carbocycles. The Labute approximate surface area is 134 Å². The molecule has 0 fully saturated rings. The van der Waals surface area contributed by atoms with Gasteiger partial charge in [-0.05, 0) is 67.8 Å². The van der Waals surface area contributed by atoms with Crippen LogP contribution in [-0.4, -0.2) is 12.9 Å². The Hall–Kier alpha value is -1.33. The third-order valence-corrected chi connectivity index (χ3v) is 4.21. The summed E-state index contributed by atoms with van der Waals surface area (Å²) in [7, 11) is 1.61. The summed E-state index contributed by atoms with van der Waals surface area (Å²) in [6.45, 7) is 0. The Morgan fingerprint density at radius 1 is 1.15 bits per heavy atom. The van der Waals surface area contributed by atoms with Gasteiger partial charge in [-0.3, -0.25) is 4.79 Å². The van der Waals surface area contributed by atoms with Gasteiger partial charge in [0.05, 0.1) is 11.6 Å². The maximum absolute atomic E-state index is 12.2. The van der Waals surface area contributed by atoms with E-state index in [4.69, 9.17) is 10.5 Å². The average Bonchev–Trinajstić information content (AvgIpc) is 2.42. The molecule has 0 spiro atoms. The maximum atomic E-state index is 12.2. The summed E-state index contributed by atoms with van der Waals surface area (Å²) in [5.74, 6) is 0.791. The van der Waals surface area contributed by atoms with Gasteiger partial charge in [0.15, 0.2) is 5.78 Å². The highest BCUT2D eigenvalue weighted by Crippen LogP contribution is 2.26. The van der Waals surface area contributed by atoms with E-state index >= 15 is 0 Å². The van der Waals surface area contributed by atoms with Crippen molar-refractivity contribution in [2.24, 2.45) is 0 Å². The van der Waals surface area contributed by atoms with Gasteiger partial charge in [0.25, 0.3) is 0 Å². The number of rotatable bonds is 4. The van der Waals surface area contributed by atoms with Crippen LogP contribution in [0.1, 0.15) is 15.9 Å². The van der Waals surface area contributed by atoms with Gasteiger partial charge in [0.1, 0.15) is 5.75 Å². The molecular weight excluding hydrogens is 386 g/mol. The first-order valence-corrected chi connectivity index (χ1v) is 7.50. The molecule has 0 atom stereocenters. The zero-order valence-corrected chi connectivity index (χ0v) is 14.0. The molecule has 0 saturated heterocycles. The molecule has 3 nitrogen and oxygen atoms in total. The summed E-state index contributed by atoms with van der Waals surface area (Å²) < 4.78 is 6.74. The second-order valence-electron chi connectivity index (χ2n) is 4.31. The standard InChI is InChI=1S/C15H13Br2NO2/c1-20-15-5-2-9(6-12(15)17)7-14(19)10-3-4-13(18)11(16)8-10/h2-6,8H,7,18H2,1H3. The van der Waals surface area contributed by atoms with Crippen molar-refractivity contribution in [2.75, 3.05) is 12.8 Å². The molecule has 0 unspecified atom stereocenters. The van der Waals surface area contributed by atoms with Gasteiger partial charge in [0, 0.05) is 22.1 Å². The molecule has 104 valence electrons. The van der Waals surface area contributed by atoms with E-state index in [2.05, 4.69) is 31.9 Å². The minimum Gasteiger partial charge on any atom is -0.496 e. The SMILES string of the molecule is COc1ccc(CC(=O)c2ccc(N)c(Br)c2)cc1Br. The van der Waals surface area contributed by atoms with Crippen LogP contribution in [0.15, 0.2) is 45.3 Å². The van der Waals surface area contributed by atoms with Gasteiger partial charge >= 0.3 is 0 Å². The summed E-state index contributed by atoms with van der Waals surface area (Å²) in [5.41, 5.74) is 7.90. The number of halogens is 2. The van der Waals surface area contributed by atoms with Crippen molar-refractivity contribution in [3.05, 3.63) is 56.5 Å². The molecule has 5 heteroatoms. The third-order valence-electron chi connectivity index (χ3n) is 2.90. The number of anilines is 1. The van der Waals surface area contributed by atoms with E-state index in [1.165, 1.54) is 0 Å². The third kappa shape index (κ3) is 3.41. The molecular formula is C15H13Br2NO2. The van der Waals surface area contributed by atoms with E-state index in [1.807, 2.05) is 18.2 Å². The molecule has 0 radical (unpaired) electrons.